The molecule has 0 bridgehead atoms. The summed E-state index contributed by atoms with van der Waals surface area (Å²) in [6.07, 6.45) is 0.987. The lowest BCUT2D eigenvalue weighted by Gasteiger charge is -2.25. The van der Waals surface area contributed by atoms with Gasteiger partial charge in [0.2, 0.25) is 0 Å². The van der Waals surface area contributed by atoms with Crippen LogP contribution >= 0.6 is 0 Å². The highest BCUT2D eigenvalue weighted by atomic mass is 16.5. The molecule has 0 aliphatic carbocycles. The third-order valence-electron chi connectivity index (χ3n) is 2.95. The summed E-state index contributed by atoms with van der Waals surface area (Å²) in [4.78, 5) is 0. The van der Waals surface area contributed by atoms with Gasteiger partial charge in [0.05, 0.1) is 11.7 Å². The number of hydrogen-bond acceptors (Lipinski definition) is 3. The Balaban J connectivity index is 2.45. The molecule has 3 nitrogen and oxygen atoms in total. The predicted octanol–water partition coefficient (Wildman–Crippen LogP) is 3.36. The molecule has 0 aliphatic rings. The van der Waals surface area contributed by atoms with Gasteiger partial charge in [-0.05, 0) is 50.8 Å². The highest BCUT2D eigenvalue weighted by Gasteiger charge is 2.20. The quantitative estimate of drug-likeness (QED) is 0.766. The summed E-state index contributed by atoms with van der Waals surface area (Å²) in [7, 11) is 0. The first-order chi connectivity index (χ1) is 9.28. The second-order valence-electron chi connectivity index (χ2n) is 6.51. The van der Waals surface area contributed by atoms with Gasteiger partial charge in [0.15, 0.2) is 0 Å². The van der Waals surface area contributed by atoms with Gasteiger partial charge in [0.25, 0.3) is 0 Å². The molecule has 0 amide bonds. The zero-order chi connectivity index (χ0) is 15.2. The van der Waals surface area contributed by atoms with Crippen LogP contribution < -0.4 is 10.1 Å². The Bertz CT molecular complexity index is 400. The van der Waals surface area contributed by atoms with Crippen molar-refractivity contribution >= 4 is 0 Å². The second-order valence-corrected chi connectivity index (χ2v) is 6.51. The molecule has 0 heterocycles. The summed E-state index contributed by atoms with van der Waals surface area (Å²) in [5.41, 5.74) is 0.517. The fraction of sp³-hybridized carbons (Fsp3) is 0.647. The summed E-state index contributed by atoms with van der Waals surface area (Å²) in [5, 5.41) is 13.6. The monoisotopic (exact) mass is 279 g/mol. The van der Waals surface area contributed by atoms with E-state index in [2.05, 4.69) is 25.2 Å². The highest BCUT2D eigenvalue weighted by molar-refractivity contribution is 5.28. The van der Waals surface area contributed by atoms with Crippen molar-refractivity contribution in [1.82, 2.24) is 5.32 Å². The van der Waals surface area contributed by atoms with Crippen molar-refractivity contribution in [1.29, 1.82) is 0 Å². The van der Waals surface area contributed by atoms with E-state index in [1.54, 1.807) is 0 Å². The molecule has 2 N–H and O–H groups in total. The van der Waals surface area contributed by atoms with Gasteiger partial charge in [-0.25, -0.2) is 0 Å². The molecule has 0 saturated carbocycles. The minimum Gasteiger partial charge on any atom is -0.491 e. The molecule has 0 saturated heterocycles. The van der Waals surface area contributed by atoms with E-state index in [1.807, 2.05) is 39.0 Å². The molecule has 1 aromatic carbocycles. The van der Waals surface area contributed by atoms with Crippen LogP contribution in [0.1, 0.15) is 46.6 Å². The van der Waals surface area contributed by atoms with Crippen molar-refractivity contribution in [3.63, 3.8) is 0 Å². The van der Waals surface area contributed by atoms with Gasteiger partial charge in [-0.15, -0.1) is 0 Å². The van der Waals surface area contributed by atoms with Crippen molar-refractivity contribution in [3.05, 3.63) is 29.8 Å². The normalized spacial score (nSPS) is 14.6. The Hall–Kier alpha value is -1.06. The number of benzene rings is 1. The molecule has 0 fully saturated rings. The minimum atomic E-state index is -0.653. The van der Waals surface area contributed by atoms with Gasteiger partial charge in [0.1, 0.15) is 5.75 Å². The highest BCUT2D eigenvalue weighted by Crippen LogP contribution is 2.17. The number of hydrogen-bond donors (Lipinski definition) is 2. The van der Waals surface area contributed by atoms with Gasteiger partial charge in [-0.1, -0.05) is 26.0 Å². The fourth-order valence-electron chi connectivity index (χ4n) is 2.43. The van der Waals surface area contributed by atoms with Crippen molar-refractivity contribution in [2.75, 3.05) is 6.54 Å². The standard InChI is InChI=1S/C17H29NO2/c1-13(2)10-17(5,19)12-18-11-15-7-6-8-16(9-15)20-14(3)4/h6-9,13-14,18-19H,10-12H2,1-5H3. The van der Waals surface area contributed by atoms with Gasteiger partial charge >= 0.3 is 0 Å². The maximum atomic E-state index is 10.2. The Morgan fingerprint density at radius 3 is 2.55 bits per heavy atom. The molecule has 0 aliphatic heterocycles. The lowest BCUT2D eigenvalue weighted by atomic mass is 9.94. The van der Waals surface area contributed by atoms with E-state index in [4.69, 9.17) is 4.74 Å². The Morgan fingerprint density at radius 2 is 1.95 bits per heavy atom. The van der Waals surface area contributed by atoms with E-state index < -0.39 is 5.60 Å². The average Bonchev–Trinajstić information content (AvgIpc) is 2.26. The lowest BCUT2D eigenvalue weighted by Crippen LogP contribution is -2.38. The SMILES string of the molecule is CC(C)CC(C)(O)CNCc1cccc(OC(C)C)c1. The first kappa shape index (κ1) is 17.0. The number of ether oxygens (including phenoxy) is 1. The number of nitrogens with one attached hydrogen (secondary N) is 1. The van der Waals surface area contributed by atoms with Crippen molar-refractivity contribution in [3.8, 4) is 5.75 Å². The zero-order valence-electron chi connectivity index (χ0n) is 13.4. The second kappa shape index (κ2) is 7.65. The first-order valence-corrected chi connectivity index (χ1v) is 7.47. The smallest absolute Gasteiger partial charge is 0.120 e. The van der Waals surface area contributed by atoms with Gasteiger partial charge in [-0.2, -0.15) is 0 Å². The van der Waals surface area contributed by atoms with Gasteiger partial charge in [-0.3, -0.25) is 0 Å². The fourth-order valence-corrected chi connectivity index (χ4v) is 2.43. The van der Waals surface area contributed by atoms with E-state index in [-0.39, 0.29) is 6.10 Å². The van der Waals surface area contributed by atoms with E-state index in [0.717, 1.165) is 18.7 Å². The van der Waals surface area contributed by atoms with Crippen LogP contribution in [0.25, 0.3) is 0 Å². The van der Waals surface area contributed by atoms with Crippen LogP contribution in [0.5, 0.6) is 5.75 Å². The summed E-state index contributed by atoms with van der Waals surface area (Å²) < 4.78 is 5.68. The van der Waals surface area contributed by atoms with Crippen molar-refractivity contribution in [2.45, 2.75) is 59.3 Å². The molecule has 1 rings (SSSR count). The van der Waals surface area contributed by atoms with Crippen LogP contribution in [-0.2, 0) is 6.54 Å². The molecular weight excluding hydrogens is 250 g/mol. The summed E-state index contributed by atoms with van der Waals surface area (Å²) in [6, 6.07) is 8.08. The van der Waals surface area contributed by atoms with E-state index in [0.29, 0.717) is 12.5 Å². The Morgan fingerprint density at radius 1 is 1.25 bits per heavy atom. The summed E-state index contributed by atoms with van der Waals surface area (Å²) >= 11 is 0. The van der Waals surface area contributed by atoms with Crippen LogP contribution in [0.4, 0.5) is 0 Å². The molecule has 1 aromatic rings. The average molecular weight is 279 g/mol. The predicted molar refractivity (Wildman–Crippen MR) is 84.0 cm³/mol. The zero-order valence-corrected chi connectivity index (χ0v) is 13.4. The Kier molecular flexibility index (Phi) is 6.50. The molecule has 20 heavy (non-hydrogen) atoms. The van der Waals surface area contributed by atoms with Crippen LogP contribution in [0.15, 0.2) is 24.3 Å². The van der Waals surface area contributed by atoms with Crippen molar-refractivity contribution in [2.24, 2.45) is 5.92 Å². The summed E-state index contributed by atoms with van der Waals surface area (Å²) in [5.74, 6) is 1.39. The number of rotatable bonds is 8. The minimum absolute atomic E-state index is 0.185. The van der Waals surface area contributed by atoms with Crippen LogP contribution in [0.2, 0.25) is 0 Å². The van der Waals surface area contributed by atoms with Gasteiger partial charge < -0.3 is 15.2 Å². The maximum Gasteiger partial charge on any atom is 0.120 e. The molecule has 1 atom stereocenters. The molecule has 1 unspecified atom stereocenters. The molecule has 3 heteroatoms. The summed E-state index contributed by atoms with van der Waals surface area (Å²) in [6.45, 7) is 11.5. The first-order valence-electron chi connectivity index (χ1n) is 7.47. The Labute approximate surface area is 123 Å². The molecule has 0 aromatic heterocycles. The van der Waals surface area contributed by atoms with Crippen LogP contribution in [-0.4, -0.2) is 23.4 Å². The topological polar surface area (TPSA) is 41.5 Å². The van der Waals surface area contributed by atoms with E-state index in [1.165, 1.54) is 5.56 Å². The van der Waals surface area contributed by atoms with E-state index >= 15 is 0 Å². The van der Waals surface area contributed by atoms with Crippen LogP contribution in [0.3, 0.4) is 0 Å². The van der Waals surface area contributed by atoms with E-state index in [9.17, 15) is 5.11 Å². The third kappa shape index (κ3) is 6.92. The van der Waals surface area contributed by atoms with Crippen molar-refractivity contribution < 1.29 is 9.84 Å². The molecule has 0 spiro atoms. The molecule has 0 radical (unpaired) electrons. The lowest BCUT2D eigenvalue weighted by molar-refractivity contribution is 0.0383. The molecular formula is C17H29NO2. The van der Waals surface area contributed by atoms with Gasteiger partial charge in [0, 0.05) is 13.1 Å². The largest absolute Gasteiger partial charge is 0.491 e. The van der Waals surface area contributed by atoms with Crippen LogP contribution in [0, 0.1) is 5.92 Å². The third-order valence-corrected chi connectivity index (χ3v) is 2.95. The molecule has 114 valence electrons. The number of aliphatic hydroxyl groups is 1. The maximum absolute atomic E-state index is 10.2.